The van der Waals surface area contributed by atoms with Gasteiger partial charge in [0, 0.05) is 11.1 Å². The Morgan fingerprint density at radius 1 is 1.14 bits per heavy atom. The molecule has 0 spiro atoms. The van der Waals surface area contributed by atoms with Gasteiger partial charge in [0.05, 0.1) is 5.56 Å². The van der Waals surface area contributed by atoms with Crippen LogP contribution in [0.15, 0.2) is 48.8 Å². The van der Waals surface area contributed by atoms with E-state index in [0.717, 1.165) is 0 Å². The summed E-state index contributed by atoms with van der Waals surface area (Å²) in [7, 11) is 0. The first-order valence-corrected chi connectivity index (χ1v) is 6.15. The fraction of sp³-hybridized carbons (Fsp3) is 0. The van der Waals surface area contributed by atoms with Gasteiger partial charge in [-0.2, -0.15) is 0 Å². The third kappa shape index (κ3) is 2.51. The first kappa shape index (κ1) is 13.0. The highest BCUT2D eigenvalue weighted by Gasteiger charge is 2.08. The molecule has 3 aromatic rings. The maximum Gasteiger partial charge on any atom is 0.335 e. The van der Waals surface area contributed by atoms with E-state index < -0.39 is 11.8 Å². The smallest absolute Gasteiger partial charge is 0.335 e. The SMILES string of the molecule is O=C(O)c1cccc(Nc2ncnc3c(F)cccc23)c1. The number of aromatic carboxylic acids is 1. The molecule has 0 amide bonds. The molecule has 1 heterocycles. The lowest BCUT2D eigenvalue weighted by Gasteiger charge is -2.09. The third-order valence-electron chi connectivity index (χ3n) is 2.99. The minimum atomic E-state index is -1.02. The van der Waals surface area contributed by atoms with Gasteiger partial charge in [-0.1, -0.05) is 12.1 Å². The number of carboxylic acids is 1. The van der Waals surface area contributed by atoms with E-state index in [2.05, 4.69) is 15.3 Å². The molecule has 0 aliphatic carbocycles. The first-order chi connectivity index (χ1) is 10.1. The maximum atomic E-state index is 13.7. The predicted molar refractivity (Wildman–Crippen MR) is 76.2 cm³/mol. The van der Waals surface area contributed by atoms with Crippen LogP contribution in [-0.2, 0) is 0 Å². The quantitative estimate of drug-likeness (QED) is 0.772. The van der Waals surface area contributed by atoms with Crippen LogP contribution in [0.5, 0.6) is 0 Å². The highest BCUT2D eigenvalue weighted by Crippen LogP contribution is 2.24. The Bertz CT molecular complexity index is 836. The van der Waals surface area contributed by atoms with Crippen LogP contribution >= 0.6 is 0 Å². The number of anilines is 2. The standard InChI is InChI=1S/C15H10FN3O2/c16-12-6-2-5-11-13(12)17-8-18-14(11)19-10-4-1-3-9(7-10)15(20)21/h1-8H,(H,20,21)(H,17,18,19). The van der Waals surface area contributed by atoms with Crippen molar-refractivity contribution in [3.8, 4) is 0 Å². The summed E-state index contributed by atoms with van der Waals surface area (Å²) < 4.78 is 13.7. The van der Waals surface area contributed by atoms with E-state index in [1.54, 1.807) is 24.3 Å². The van der Waals surface area contributed by atoms with Crippen molar-refractivity contribution in [2.24, 2.45) is 0 Å². The Hall–Kier alpha value is -3.02. The molecule has 2 aromatic carbocycles. The highest BCUT2D eigenvalue weighted by molar-refractivity contribution is 5.92. The number of benzene rings is 2. The lowest BCUT2D eigenvalue weighted by atomic mass is 10.2. The number of hydrogen-bond donors (Lipinski definition) is 2. The molecule has 0 aliphatic rings. The lowest BCUT2D eigenvalue weighted by Crippen LogP contribution is -2.00. The number of nitrogens with one attached hydrogen (secondary N) is 1. The Kier molecular flexibility index (Phi) is 3.19. The molecule has 0 unspecified atom stereocenters. The van der Waals surface area contributed by atoms with Gasteiger partial charge in [-0.25, -0.2) is 19.2 Å². The van der Waals surface area contributed by atoms with Crippen molar-refractivity contribution in [1.29, 1.82) is 0 Å². The van der Waals surface area contributed by atoms with E-state index in [9.17, 15) is 9.18 Å². The van der Waals surface area contributed by atoms with Crippen molar-refractivity contribution in [2.45, 2.75) is 0 Å². The van der Waals surface area contributed by atoms with Crippen LogP contribution in [0.3, 0.4) is 0 Å². The highest BCUT2D eigenvalue weighted by atomic mass is 19.1. The molecule has 3 rings (SSSR count). The number of rotatable bonds is 3. The van der Waals surface area contributed by atoms with E-state index in [1.165, 1.54) is 24.5 Å². The van der Waals surface area contributed by atoms with Gasteiger partial charge >= 0.3 is 5.97 Å². The van der Waals surface area contributed by atoms with E-state index in [-0.39, 0.29) is 11.1 Å². The number of halogens is 1. The zero-order chi connectivity index (χ0) is 14.8. The maximum absolute atomic E-state index is 13.7. The fourth-order valence-electron chi connectivity index (χ4n) is 2.02. The van der Waals surface area contributed by atoms with Crippen LogP contribution in [0.4, 0.5) is 15.9 Å². The molecule has 0 radical (unpaired) electrons. The second-order valence-electron chi connectivity index (χ2n) is 4.37. The topological polar surface area (TPSA) is 75.1 Å². The van der Waals surface area contributed by atoms with Gasteiger partial charge in [-0.05, 0) is 30.3 Å². The van der Waals surface area contributed by atoms with E-state index in [0.29, 0.717) is 16.9 Å². The van der Waals surface area contributed by atoms with Crippen LogP contribution in [0.2, 0.25) is 0 Å². The van der Waals surface area contributed by atoms with Crippen molar-refractivity contribution in [1.82, 2.24) is 9.97 Å². The van der Waals surface area contributed by atoms with Gasteiger partial charge in [-0.3, -0.25) is 0 Å². The molecule has 0 saturated carbocycles. The Balaban J connectivity index is 2.04. The summed E-state index contributed by atoms with van der Waals surface area (Å²) in [5.74, 6) is -1.03. The summed E-state index contributed by atoms with van der Waals surface area (Å²) in [6, 6.07) is 10.9. The van der Waals surface area contributed by atoms with Gasteiger partial charge in [0.1, 0.15) is 23.5 Å². The van der Waals surface area contributed by atoms with E-state index in [4.69, 9.17) is 5.11 Å². The number of aromatic nitrogens is 2. The summed E-state index contributed by atoms with van der Waals surface area (Å²) in [6.45, 7) is 0. The van der Waals surface area contributed by atoms with Crippen molar-refractivity contribution >= 4 is 28.4 Å². The minimum absolute atomic E-state index is 0.157. The Labute approximate surface area is 119 Å². The summed E-state index contributed by atoms with van der Waals surface area (Å²) in [6.07, 6.45) is 1.26. The second kappa shape index (κ2) is 5.16. The van der Waals surface area contributed by atoms with E-state index in [1.807, 2.05) is 0 Å². The molecular weight excluding hydrogens is 273 g/mol. The van der Waals surface area contributed by atoms with Crippen LogP contribution in [0.25, 0.3) is 10.9 Å². The second-order valence-corrected chi connectivity index (χ2v) is 4.37. The molecule has 2 N–H and O–H groups in total. The van der Waals surface area contributed by atoms with Gasteiger partial charge in [0.2, 0.25) is 0 Å². The zero-order valence-electron chi connectivity index (χ0n) is 10.7. The van der Waals surface area contributed by atoms with Gasteiger partial charge in [0.15, 0.2) is 0 Å². The summed E-state index contributed by atoms with van der Waals surface area (Å²) in [4.78, 5) is 18.9. The molecule has 21 heavy (non-hydrogen) atoms. The number of carboxylic acid groups (broad SMARTS) is 1. The number of hydrogen-bond acceptors (Lipinski definition) is 4. The Morgan fingerprint density at radius 3 is 2.76 bits per heavy atom. The Morgan fingerprint density at radius 2 is 1.95 bits per heavy atom. The third-order valence-corrected chi connectivity index (χ3v) is 2.99. The normalized spacial score (nSPS) is 10.5. The van der Waals surface area contributed by atoms with Gasteiger partial charge in [0.25, 0.3) is 0 Å². The molecule has 0 saturated heterocycles. The molecule has 0 fully saturated rings. The summed E-state index contributed by atoms with van der Waals surface area (Å²) in [5.41, 5.74) is 0.924. The predicted octanol–water partition coefficient (Wildman–Crippen LogP) is 3.21. The minimum Gasteiger partial charge on any atom is -0.478 e. The average molecular weight is 283 g/mol. The number of nitrogens with zero attached hydrogens (tertiary/aromatic N) is 2. The fourth-order valence-corrected chi connectivity index (χ4v) is 2.02. The molecule has 0 atom stereocenters. The summed E-state index contributed by atoms with van der Waals surface area (Å²) >= 11 is 0. The zero-order valence-corrected chi connectivity index (χ0v) is 10.7. The molecule has 1 aromatic heterocycles. The number of fused-ring (bicyclic) bond motifs is 1. The molecule has 104 valence electrons. The van der Waals surface area contributed by atoms with Crippen LogP contribution in [0.1, 0.15) is 10.4 Å². The summed E-state index contributed by atoms with van der Waals surface area (Å²) in [5, 5.41) is 12.5. The van der Waals surface area contributed by atoms with Gasteiger partial charge in [-0.15, -0.1) is 0 Å². The monoisotopic (exact) mass is 283 g/mol. The first-order valence-electron chi connectivity index (χ1n) is 6.15. The lowest BCUT2D eigenvalue weighted by molar-refractivity contribution is 0.0697. The van der Waals surface area contributed by atoms with Crippen molar-refractivity contribution in [3.05, 3.63) is 60.2 Å². The largest absolute Gasteiger partial charge is 0.478 e. The van der Waals surface area contributed by atoms with Crippen molar-refractivity contribution < 1.29 is 14.3 Å². The molecule has 5 nitrogen and oxygen atoms in total. The van der Waals surface area contributed by atoms with E-state index >= 15 is 0 Å². The molecule has 0 bridgehead atoms. The van der Waals surface area contributed by atoms with Crippen molar-refractivity contribution in [3.63, 3.8) is 0 Å². The van der Waals surface area contributed by atoms with Crippen LogP contribution in [-0.4, -0.2) is 21.0 Å². The van der Waals surface area contributed by atoms with Crippen molar-refractivity contribution in [2.75, 3.05) is 5.32 Å². The van der Waals surface area contributed by atoms with Crippen LogP contribution in [0, 0.1) is 5.82 Å². The van der Waals surface area contributed by atoms with Gasteiger partial charge < -0.3 is 10.4 Å². The number of carbonyl (C=O) groups is 1. The molecule has 6 heteroatoms. The average Bonchev–Trinajstić information content (AvgIpc) is 2.49. The number of para-hydroxylation sites is 1. The molecular formula is C15H10FN3O2. The van der Waals surface area contributed by atoms with Crippen LogP contribution < -0.4 is 5.32 Å². The molecule has 0 aliphatic heterocycles.